The maximum absolute atomic E-state index is 12.2. The van der Waals surface area contributed by atoms with E-state index in [4.69, 9.17) is 15.2 Å². The summed E-state index contributed by atoms with van der Waals surface area (Å²) in [5.74, 6) is 0.817. The number of ether oxygens (including phenoxy) is 2. The molecule has 0 atom stereocenters. The fourth-order valence-corrected chi connectivity index (χ4v) is 3.81. The molecule has 2 N–H and O–H groups in total. The number of piperidine rings is 1. The Bertz CT molecular complexity index is 1070. The number of anilines is 1. The number of hydrogen-bond acceptors (Lipinski definition) is 5. The molecule has 1 aromatic heterocycles. The van der Waals surface area contributed by atoms with Gasteiger partial charge in [0.05, 0.1) is 11.2 Å². The average molecular weight is 420 g/mol. The molecule has 0 saturated carbocycles. The molecule has 0 spiro atoms. The van der Waals surface area contributed by atoms with Gasteiger partial charge >= 0.3 is 6.09 Å². The number of nitrogen functional groups attached to an aromatic ring is 1. The van der Waals surface area contributed by atoms with Gasteiger partial charge in [0.2, 0.25) is 0 Å². The van der Waals surface area contributed by atoms with E-state index >= 15 is 0 Å². The molecule has 1 saturated heterocycles. The van der Waals surface area contributed by atoms with Gasteiger partial charge in [0.15, 0.2) is 0 Å². The summed E-state index contributed by atoms with van der Waals surface area (Å²) in [7, 11) is 0. The van der Waals surface area contributed by atoms with Crippen molar-refractivity contribution in [2.24, 2.45) is 0 Å². The maximum atomic E-state index is 12.2. The smallest absolute Gasteiger partial charge is 0.410 e. The minimum Gasteiger partial charge on any atom is -0.490 e. The normalized spacial score (nSPS) is 15.1. The molecule has 0 bridgehead atoms. The largest absolute Gasteiger partial charge is 0.490 e. The van der Waals surface area contributed by atoms with E-state index < -0.39 is 5.60 Å². The van der Waals surface area contributed by atoms with Crippen LogP contribution in [0.3, 0.4) is 0 Å². The van der Waals surface area contributed by atoms with E-state index in [1.165, 1.54) is 0 Å². The summed E-state index contributed by atoms with van der Waals surface area (Å²) in [6, 6.07) is 16.0. The fourth-order valence-electron chi connectivity index (χ4n) is 3.81. The van der Waals surface area contributed by atoms with Crippen LogP contribution in [0.5, 0.6) is 5.75 Å². The van der Waals surface area contributed by atoms with Gasteiger partial charge in [-0.25, -0.2) is 4.79 Å². The zero-order valence-electron chi connectivity index (χ0n) is 18.3. The number of pyridine rings is 1. The predicted molar refractivity (Wildman–Crippen MR) is 123 cm³/mol. The summed E-state index contributed by atoms with van der Waals surface area (Å²) in [5, 5.41) is 1.03. The number of aromatic nitrogens is 1. The monoisotopic (exact) mass is 419 g/mol. The van der Waals surface area contributed by atoms with Crippen molar-refractivity contribution in [1.82, 2.24) is 9.88 Å². The lowest BCUT2D eigenvalue weighted by Crippen LogP contribution is -2.44. The number of amides is 1. The SMILES string of the molecule is CC(C)(C)OC(=O)N1CCC(Oc2ccc(-c3ccc4cccnc4c3N)cc2)CC1. The molecule has 0 aliphatic carbocycles. The zero-order chi connectivity index (χ0) is 22.0. The predicted octanol–water partition coefficient (Wildman–Crippen LogP) is 5.26. The molecule has 4 rings (SSSR count). The van der Waals surface area contributed by atoms with E-state index in [0.29, 0.717) is 18.8 Å². The summed E-state index contributed by atoms with van der Waals surface area (Å²) in [6.07, 6.45) is 3.15. The number of nitrogens with two attached hydrogens (primary N) is 1. The Morgan fingerprint density at radius 3 is 2.45 bits per heavy atom. The van der Waals surface area contributed by atoms with Gasteiger partial charge < -0.3 is 20.1 Å². The van der Waals surface area contributed by atoms with Crippen LogP contribution in [0.2, 0.25) is 0 Å². The second-order valence-corrected chi connectivity index (χ2v) is 8.91. The lowest BCUT2D eigenvalue weighted by atomic mass is 10.0. The molecule has 1 aliphatic rings. The molecule has 0 unspecified atom stereocenters. The molecular formula is C25H29N3O3. The molecule has 0 radical (unpaired) electrons. The van der Waals surface area contributed by atoms with Crippen LogP contribution in [-0.2, 0) is 4.74 Å². The summed E-state index contributed by atoms with van der Waals surface area (Å²) in [4.78, 5) is 18.4. The second-order valence-electron chi connectivity index (χ2n) is 8.91. The Labute approximate surface area is 183 Å². The van der Waals surface area contributed by atoms with E-state index in [1.807, 2.05) is 69.3 Å². The van der Waals surface area contributed by atoms with E-state index in [9.17, 15) is 4.79 Å². The van der Waals surface area contributed by atoms with Crippen molar-refractivity contribution in [1.29, 1.82) is 0 Å². The van der Waals surface area contributed by atoms with Crippen molar-refractivity contribution in [3.63, 3.8) is 0 Å². The summed E-state index contributed by atoms with van der Waals surface area (Å²) >= 11 is 0. The van der Waals surface area contributed by atoms with Gasteiger partial charge in [0.25, 0.3) is 0 Å². The number of hydrogen-bond donors (Lipinski definition) is 1. The third-order valence-corrected chi connectivity index (χ3v) is 5.38. The van der Waals surface area contributed by atoms with E-state index in [1.54, 1.807) is 11.1 Å². The lowest BCUT2D eigenvalue weighted by molar-refractivity contribution is 0.0126. The molecule has 2 heterocycles. The third kappa shape index (κ3) is 4.90. The topological polar surface area (TPSA) is 77.7 Å². The Balaban J connectivity index is 1.38. The second kappa shape index (κ2) is 8.46. The van der Waals surface area contributed by atoms with Crippen LogP contribution in [0.25, 0.3) is 22.0 Å². The quantitative estimate of drug-likeness (QED) is 0.586. The standard InChI is InChI=1S/C25H29N3O3/c1-25(2,3)31-24(29)28-15-12-20(13-16-28)30-19-9-6-17(7-10-19)21-11-8-18-5-4-14-27-23(18)22(21)26/h4-11,14,20H,12-13,15-16,26H2,1-3H3. The molecule has 1 amide bonds. The first-order valence-electron chi connectivity index (χ1n) is 10.7. The molecular weight excluding hydrogens is 390 g/mol. The number of carbonyl (C=O) groups is 1. The van der Waals surface area contributed by atoms with Crippen molar-refractivity contribution in [2.45, 2.75) is 45.3 Å². The molecule has 6 heteroatoms. The van der Waals surface area contributed by atoms with Gasteiger partial charge in [-0.05, 0) is 44.5 Å². The minimum atomic E-state index is -0.476. The Hall–Kier alpha value is -3.28. The van der Waals surface area contributed by atoms with Crippen LogP contribution in [-0.4, -0.2) is 40.8 Å². The number of carbonyl (C=O) groups excluding carboxylic acids is 1. The average Bonchev–Trinajstić information content (AvgIpc) is 2.74. The highest BCUT2D eigenvalue weighted by molar-refractivity contribution is 5.97. The molecule has 31 heavy (non-hydrogen) atoms. The highest BCUT2D eigenvalue weighted by Crippen LogP contribution is 2.32. The van der Waals surface area contributed by atoms with Gasteiger partial charge in [-0.3, -0.25) is 4.98 Å². The first-order valence-corrected chi connectivity index (χ1v) is 10.7. The molecule has 2 aromatic carbocycles. The van der Waals surface area contributed by atoms with Crippen LogP contribution in [0.15, 0.2) is 54.7 Å². The van der Waals surface area contributed by atoms with Crippen LogP contribution in [0.4, 0.5) is 10.5 Å². The molecule has 6 nitrogen and oxygen atoms in total. The van der Waals surface area contributed by atoms with Crippen molar-refractivity contribution in [2.75, 3.05) is 18.8 Å². The van der Waals surface area contributed by atoms with Crippen LogP contribution >= 0.6 is 0 Å². The van der Waals surface area contributed by atoms with E-state index in [-0.39, 0.29) is 12.2 Å². The molecule has 3 aromatic rings. The molecule has 162 valence electrons. The van der Waals surface area contributed by atoms with Gasteiger partial charge in [0, 0.05) is 43.1 Å². The van der Waals surface area contributed by atoms with Gasteiger partial charge in [0.1, 0.15) is 17.5 Å². The number of rotatable bonds is 3. The first kappa shape index (κ1) is 21.0. The van der Waals surface area contributed by atoms with Crippen LogP contribution < -0.4 is 10.5 Å². The number of likely N-dealkylation sites (tertiary alicyclic amines) is 1. The fraction of sp³-hybridized carbons (Fsp3) is 0.360. The van der Waals surface area contributed by atoms with Crippen molar-refractivity contribution >= 4 is 22.7 Å². The van der Waals surface area contributed by atoms with Crippen molar-refractivity contribution in [3.8, 4) is 16.9 Å². The van der Waals surface area contributed by atoms with Crippen LogP contribution in [0, 0.1) is 0 Å². The zero-order valence-corrected chi connectivity index (χ0v) is 18.3. The minimum absolute atomic E-state index is 0.0828. The summed E-state index contributed by atoms with van der Waals surface area (Å²) in [6.45, 7) is 6.92. The highest BCUT2D eigenvalue weighted by Gasteiger charge is 2.27. The van der Waals surface area contributed by atoms with E-state index in [0.717, 1.165) is 40.6 Å². The molecule has 1 fully saturated rings. The number of nitrogens with zero attached hydrogens (tertiary/aromatic N) is 2. The van der Waals surface area contributed by atoms with Crippen molar-refractivity contribution in [3.05, 3.63) is 54.7 Å². The number of benzene rings is 2. The van der Waals surface area contributed by atoms with Crippen molar-refractivity contribution < 1.29 is 14.3 Å². The summed E-state index contributed by atoms with van der Waals surface area (Å²) < 4.78 is 11.6. The number of fused-ring (bicyclic) bond motifs is 1. The maximum Gasteiger partial charge on any atom is 0.410 e. The van der Waals surface area contributed by atoms with Crippen LogP contribution in [0.1, 0.15) is 33.6 Å². The summed E-state index contributed by atoms with van der Waals surface area (Å²) in [5.41, 5.74) is 9.39. The third-order valence-electron chi connectivity index (χ3n) is 5.38. The Morgan fingerprint density at radius 2 is 1.77 bits per heavy atom. The first-order chi connectivity index (χ1) is 14.8. The van der Waals surface area contributed by atoms with Gasteiger partial charge in [-0.15, -0.1) is 0 Å². The Kier molecular flexibility index (Phi) is 5.72. The molecule has 1 aliphatic heterocycles. The lowest BCUT2D eigenvalue weighted by Gasteiger charge is -2.33. The Morgan fingerprint density at radius 1 is 1.06 bits per heavy atom. The van der Waals surface area contributed by atoms with Gasteiger partial charge in [-0.1, -0.05) is 30.3 Å². The van der Waals surface area contributed by atoms with E-state index in [2.05, 4.69) is 4.98 Å². The highest BCUT2D eigenvalue weighted by atomic mass is 16.6. The van der Waals surface area contributed by atoms with Gasteiger partial charge in [-0.2, -0.15) is 0 Å².